The Morgan fingerprint density at radius 3 is 2.84 bits per heavy atom. The van der Waals surface area contributed by atoms with Crippen molar-refractivity contribution >= 4 is 6.29 Å². The minimum absolute atomic E-state index is 0.162. The van der Waals surface area contributed by atoms with Crippen LogP contribution in [0.15, 0.2) is 54.6 Å². The van der Waals surface area contributed by atoms with Crippen LogP contribution >= 0.6 is 0 Å². The molecule has 2 nitrogen and oxygen atoms in total. The standard InChI is InChI=1S/C17H20O2/c18-13-7-11-16-10-5-2-6-12-17(16)19-14-15-8-3-1-4-9-15/h1-6,8-10,13,16-17H,7,11-12,14H2. The maximum absolute atomic E-state index is 10.5. The molecule has 0 amide bonds. The summed E-state index contributed by atoms with van der Waals surface area (Å²) in [5.74, 6) is 0.323. The summed E-state index contributed by atoms with van der Waals surface area (Å²) in [6.45, 7) is 0.630. The van der Waals surface area contributed by atoms with E-state index < -0.39 is 0 Å². The quantitative estimate of drug-likeness (QED) is 0.726. The van der Waals surface area contributed by atoms with Crippen LogP contribution < -0.4 is 0 Å². The largest absolute Gasteiger partial charge is 0.373 e. The molecule has 0 saturated carbocycles. The molecule has 0 bridgehead atoms. The minimum atomic E-state index is 0.162. The molecule has 0 aliphatic heterocycles. The summed E-state index contributed by atoms with van der Waals surface area (Å²) in [5, 5.41) is 0. The number of ether oxygens (including phenoxy) is 1. The van der Waals surface area contributed by atoms with E-state index in [2.05, 4.69) is 36.4 Å². The summed E-state index contributed by atoms with van der Waals surface area (Å²) >= 11 is 0. The number of hydrogen-bond acceptors (Lipinski definition) is 2. The molecule has 0 heterocycles. The van der Waals surface area contributed by atoms with Gasteiger partial charge in [0.05, 0.1) is 12.7 Å². The van der Waals surface area contributed by atoms with E-state index in [0.717, 1.165) is 19.1 Å². The molecule has 1 aliphatic carbocycles. The van der Waals surface area contributed by atoms with Crippen molar-refractivity contribution in [3.05, 3.63) is 60.2 Å². The first-order chi connectivity index (χ1) is 9.40. The zero-order valence-corrected chi connectivity index (χ0v) is 11.1. The number of allylic oxidation sites excluding steroid dienone is 2. The van der Waals surface area contributed by atoms with Crippen molar-refractivity contribution in [2.45, 2.75) is 32.0 Å². The summed E-state index contributed by atoms with van der Waals surface area (Å²) in [6.07, 6.45) is 11.9. The van der Waals surface area contributed by atoms with Gasteiger partial charge in [-0.3, -0.25) is 0 Å². The SMILES string of the molecule is O=CCCC1C=CC=CCC1OCc1ccccc1. The van der Waals surface area contributed by atoms with E-state index in [4.69, 9.17) is 4.74 Å². The lowest BCUT2D eigenvalue weighted by atomic mass is 9.95. The fourth-order valence-electron chi connectivity index (χ4n) is 2.31. The number of hydrogen-bond donors (Lipinski definition) is 0. The van der Waals surface area contributed by atoms with Gasteiger partial charge in [-0.15, -0.1) is 0 Å². The molecule has 1 aromatic carbocycles. The third kappa shape index (κ3) is 4.49. The highest BCUT2D eigenvalue weighted by Gasteiger charge is 2.19. The zero-order chi connectivity index (χ0) is 13.3. The van der Waals surface area contributed by atoms with Crippen LogP contribution in [0, 0.1) is 5.92 Å². The fourth-order valence-corrected chi connectivity index (χ4v) is 2.31. The van der Waals surface area contributed by atoms with Crippen molar-refractivity contribution in [2.24, 2.45) is 5.92 Å². The number of aldehydes is 1. The average molecular weight is 256 g/mol. The van der Waals surface area contributed by atoms with Crippen molar-refractivity contribution in [3.63, 3.8) is 0 Å². The Balaban J connectivity index is 1.93. The van der Waals surface area contributed by atoms with E-state index in [1.165, 1.54) is 5.56 Å². The summed E-state index contributed by atoms with van der Waals surface area (Å²) in [4.78, 5) is 10.5. The van der Waals surface area contributed by atoms with Gasteiger partial charge in [-0.1, -0.05) is 54.6 Å². The van der Waals surface area contributed by atoms with E-state index >= 15 is 0 Å². The van der Waals surface area contributed by atoms with Gasteiger partial charge < -0.3 is 9.53 Å². The van der Waals surface area contributed by atoms with E-state index in [-0.39, 0.29) is 6.10 Å². The highest BCUT2D eigenvalue weighted by Crippen LogP contribution is 2.23. The van der Waals surface area contributed by atoms with E-state index in [1.54, 1.807) is 0 Å². The van der Waals surface area contributed by atoms with Crippen LogP contribution in [0.1, 0.15) is 24.8 Å². The highest BCUT2D eigenvalue weighted by molar-refractivity contribution is 5.49. The smallest absolute Gasteiger partial charge is 0.120 e. The molecule has 2 rings (SSSR count). The van der Waals surface area contributed by atoms with E-state index in [1.807, 2.05) is 18.2 Å². The lowest BCUT2D eigenvalue weighted by Crippen LogP contribution is -2.22. The normalized spacial score (nSPS) is 22.1. The predicted molar refractivity (Wildman–Crippen MR) is 76.7 cm³/mol. The molecule has 2 unspecified atom stereocenters. The van der Waals surface area contributed by atoms with Gasteiger partial charge in [0, 0.05) is 12.3 Å². The first-order valence-electron chi connectivity index (χ1n) is 6.82. The summed E-state index contributed by atoms with van der Waals surface area (Å²) in [5.41, 5.74) is 1.19. The van der Waals surface area contributed by atoms with Crippen molar-refractivity contribution in [2.75, 3.05) is 0 Å². The fraction of sp³-hybridized carbons (Fsp3) is 0.353. The van der Waals surface area contributed by atoms with Crippen molar-refractivity contribution in [3.8, 4) is 0 Å². The Hall–Kier alpha value is -1.67. The van der Waals surface area contributed by atoms with Crippen molar-refractivity contribution in [1.29, 1.82) is 0 Å². The number of carbonyl (C=O) groups excluding carboxylic acids is 1. The first kappa shape index (κ1) is 13.8. The molecule has 0 radical (unpaired) electrons. The third-order valence-electron chi connectivity index (χ3n) is 3.38. The number of rotatable bonds is 6. The molecule has 0 saturated heterocycles. The second-order valence-corrected chi connectivity index (χ2v) is 4.79. The molecule has 0 N–H and O–H groups in total. The average Bonchev–Trinajstić information content (AvgIpc) is 2.69. The summed E-state index contributed by atoms with van der Waals surface area (Å²) in [6, 6.07) is 10.2. The number of carbonyl (C=O) groups is 1. The molecular formula is C17H20O2. The first-order valence-corrected chi connectivity index (χ1v) is 6.82. The van der Waals surface area contributed by atoms with Gasteiger partial charge in [0.1, 0.15) is 6.29 Å². The summed E-state index contributed by atoms with van der Waals surface area (Å²) < 4.78 is 6.04. The highest BCUT2D eigenvalue weighted by atomic mass is 16.5. The molecule has 100 valence electrons. The van der Waals surface area contributed by atoms with Crippen molar-refractivity contribution in [1.82, 2.24) is 0 Å². The Morgan fingerprint density at radius 1 is 1.21 bits per heavy atom. The Labute approximate surface area is 114 Å². The van der Waals surface area contributed by atoms with Gasteiger partial charge in [0.25, 0.3) is 0 Å². The zero-order valence-electron chi connectivity index (χ0n) is 11.1. The van der Waals surface area contributed by atoms with Gasteiger partial charge >= 0.3 is 0 Å². The molecule has 0 aromatic heterocycles. The van der Waals surface area contributed by atoms with Crippen LogP contribution in [-0.4, -0.2) is 12.4 Å². The van der Waals surface area contributed by atoms with Gasteiger partial charge in [-0.25, -0.2) is 0 Å². The molecule has 0 fully saturated rings. The van der Waals surface area contributed by atoms with Crippen LogP contribution in [0.3, 0.4) is 0 Å². The molecule has 19 heavy (non-hydrogen) atoms. The Bertz CT molecular complexity index is 434. The minimum Gasteiger partial charge on any atom is -0.373 e. The van der Waals surface area contributed by atoms with Gasteiger partial charge in [0.2, 0.25) is 0 Å². The third-order valence-corrected chi connectivity index (χ3v) is 3.38. The Morgan fingerprint density at radius 2 is 2.05 bits per heavy atom. The van der Waals surface area contributed by atoms with Crippen LogP contribution in [0.4, 0.5) is 0 Å². The maximum Gasteiger partial charge on any atom is 0.120 e. The van der Waals surface area contributed by atoms with E-state index in [9.17, 15) is 4.79 Å². The molecule has 2 atom stereocenters. The van der Waals surface area contributed by atoms with Crippen molar-refractivity contribution < 1.29 is 9.53 Å². The lowest BCUT2D eigenvalue weighted by Gasteiger charge is -2.23. The second-order valence-electron chi connectivity index (χ2n) is 4.79. The van der Waals surface area contributed by atoms with Gasteiger partial charge in [0.15, 0.2) is 0 Å². The molecule has 2 heteroatoms. The Kier molecular flexibility index (Phi) is 5.57. The maximum atomic E-state index is 10.5. The van der Waals surface area contributed by atoms with Crippen LogP contribution in [0.25, 0.3) is 0 Å². The topological polar surface area (TPSA) is 26.3 Å². The monoisotopic (exact) mass is 256 g/mol. The van der Waals surface area contributed by atoms with E-state index in [0.29, 0.717) is 18.9 Å². The van der Waals surface area contributed by atoms with Crippen LogP contribution in [0.5, 0.6) is 0 Å². The number of benzene rings is 1. The van der Waals surface area contributed by atoms with Crippen LogP contribution in [0.2, 0.25) is 0 Å². The predicted octanol–water partition coefficient (Wildman–Crippen LogP) is 3.68. The molecule has 0 spiro atoms. The summed E-state index contributed by atoms with van der Waals surface area (Å²) in [7, 11) is 0. The van der Waals surface area contributed by atoms with Gasteiger partial charge in [-0.2, -0.15) is 0 Å². The second kappa shape index (κ2) is 7.70. The van der Waals surface area contributed by atoms with Crippen LogP contribution in [-0.2, 0) is 16.1 Å². The lowest BCUT2D eigenvalue weighted by molar-refractivity contribution is -0.108. The molecular weight excluding hydrogens is 236 g/mol. The molecule has 1 aliphatic rings. The molecule has 1 aromatic rings. The van der Waals surface area contributed by atoms with Gasteiger partial charge in [-0.05, 0) is 18.4 Å².